The van der Waals surface area contributed by atoms with E-state index in [2.05, 4.69) is 0 Å². The van der Waals surface area contributed by atoms with Gasteiger partial charge < -0.3 is 4.90 Å². The Bertz CT molecular complexity index is 735. The van der Waals surface area contributed by atoms with Gasteiger partial charge in [-0.05, 0) is 56.7 Å². The Hall–Kier alpha value is -1.40. The highest BCUT2D eigenvalue weighted by Crippen LogP contribution is 2.35. The van der Waals surface area contributed by atoms with Crippen molar-refractivity contribution in [3.63, 3.8) is 0 Å². The molecule has 2 aliphatic rings. The molecule has 0 N–H and O–H groups in total. The molecule has 1 aromatic carbocycles. The summed E-state index contributed by atoms with van der Waals surface area (Å²) in [6.45, 7) is 7.58. The van der Waals surface area contributed by atoms with Crippen molar-refractivity contribution in [2.75, 3.05) is 13.1 Å². The molecule has 1 aliphatic carbocycles. The quantitative estimate of drug-likeness (QED) is 0.779. The molecule has 138 valence electrons. The maximum Gasteiger partial charge on any atom is 0.253 e. The van der Waals surface area contributed by atoms with E-state index >= 15 is 0 Å². The zero-order valence-corrected chi connectivity index (χ0v) is 16.1. The van der Waals surface area contributed by atoms with Crippen LogP contribution in [0.5, 0.6) is 0 Å². The maximum atomic E-state index is 13.3. The highest BCUT2D eigenvalue weighted by molar-refractivity contribution is 7.89. The number of carbonyl (C=O) groups excluding carboxylic acids is 1. The molecule has 1 saturated heterocycles. The summed E-state index contributed by atoms with van der Waals surface area (Å²) in [5.74, 6) is 0.175. The van der Waals surface area contributed by atoms with Gasteiger partial charge in [-0.25, -0.2) is 8.42 Å². The van der Waals surface area contributed by atoms with Gasteiger partial charge in [-0.15, -0.1) is 0 Å². The van der Waals surface area contributed by atoms with E-state index in [9.17, 15) is 13.2 Å². The van der Waals surface area contributed by atoms with Crippen LogP contribution in [0.25, 0.3) is 0 Å². The summed E-state index contributed by atoms with van der Waals surface area (Å²) in [7, 11) is -3.60. The first-order valence-corrected chi connectivity index (χ1v) is 10.7. The van der Waals surface area contributed by atoms with Crippen LogP contribution in [-0.2, 0) is 10.0 Å². The third-order valence-electron chi connectivity index (χ3n) is 5.32. The fourth-order valence-electron chi connectivity index (χ4n) is 3.38. The molecule has 1 aromatic rings. The third kappa shape index (κ3) is 3.75. The van der Waals surface area contributed by atoms with Gasteiger partial charge in [0.1, 0.15) is 0 Å². The Morgan fingerprint density at radius 2 is 1.80 bits per heavy atom. The minimum Gasteiger partial charge on any atom is -0.339 e. The van der Waals surface area contributed by atoms with E-state index < -0.39 is 10.0 Å². The number of nitrogens with zero attached hydrogens (tertiary/aromatic N) is 2. The summed E-state index contributed by atoms with van der Waals surface area (Å²) >= 11 is 0. The predicted octanol–water partition coefficient (Wildman–Crippen LogP) is 3.12. The average molecular weight is 365 g/mol. The first-order valence-electron chi connectivity index (χ1n) is 9.25. The van der Waals surface area contributed by atoms with Gasteiger partial charge >= 0.3 is 0 Å². The van der Waals surface area contributed by atoms with Crippen molar-refractivity contribution in [1.82, 2.24) is 9.21 Å². The van der Waals surface area contributed by atoms with Gasteiger partial charge in [-0.2, -0.15) is 4.31 Å². The number of rotatable bonds is 6. The SMILES string of the molecule is CC(C)C(C)N(C1CC1)S(=O)(=O)c1cccc(C(=O)N2CCCC2)c1. The monoisotopic (exact) mass is 364 g/mol. The van der Waals surface area contributed by atoms with Crippen molar-refractivity contribution in [1.29, 1.82) is 0 Å². The lowest BCUT2D eigenvalue weighted by atomic mass is 10.1. The molecule has 2 fully saturated rings. The van der Waals surface area contributed by atoms with Gasteiger partial charge in [0, 0.05) is 30.7 Å². The second-order valence-electron chi connectivity index (χ2n) is 7.58. The second kappa shape index (κ2) is 7.08. The van der Waals surface area contributed by atoms with Crippen LogP contribution in [-0.4, -0.2) is 48.7 Å². The zero-order valence-electron chi connectivity index (χ0n) is 15.3. The third-order valence-corrected chi connectivity index (χ3v) is 7.36. The molecule has 1 heterocycles. The highest BCUT2D eigenvalue weighted by atomic mass is 32.2. The summed E-state index contributed by atoms with van der Waals surface area (Å²) in [5.41, 5.74) is 0.468. The van der Waals surface area contributed by atoms with Crippen molar-refractivity contribution < 1.29 is 13.2 Å². The Balaban J connectivity index is 1.91. The van der Waals surface area contributed by atoms with Crippen LogP contribution in [0.3, 0.4) is 0 Å². The minimum atomic E-state index is -3.60. The molecule has 0 radical (unpaired) electrons. The van der Waals surface area contributed by atoms with Crippen LogP contribution < -0.4 is 0 Å². The van der Waals surface area contributed by atoms with Crippen molar-refractivity contribution in [3.05, 3.63) is 29.8 Å². The van der Waals surface area contributed by atoms with Gasteiger partial charge in [0.2, 0.25) is 10.0 Å². The van der Waals surface area contributed by atoms with Crippen molar-refractivity contribution in [3.8, 4) is 0 Å². The molecular weight excluding hydrogens is 336 g/mol. The Labute approximate surface area is 151 Å². The summed E-state index contributed by atoms with van der Waals surface area (Å²) < 4.78 is 28.2. The van der Waals surface area contributed by atoms with Crippen molar-refractivity contribution in [2.45, 2.75) is 63.4 Å². The molecule has 1 atom stereocenters. The number of sulfonamides is 1. The number of benzene rings is 1. The second-order valence-corrected chi connectivity index (χ2v) is 9.42. The molecule has 5 nitrogen and oxygen atoms in total. The maximum absolute atomic E-state index is 13.3. The van der Waals surface area contributed by atoms with E-state index in [0.29, 0.717) is 5.56 Å². The molecule has 6 heteroatoms. The van der Waals surface area contributed by atoms with Crippen LogP contribution in [0.15, 0.2) is 29.2 Å². The van der Waals surface area contributed by atoms with Crippen LogP contribution in [0, 0.1) is 5.92 Å². The molecule has 1 unspecified atom stereocenters. The smallest absolute Gasteiger partial charge is 0.253 e. The fourth-order valence-corrected chi connectivity index (χ4v) is 5.44. The normalized spacial score (nSPS) is 19.6. The van der Waals surface area contributed by atoms with E-state index in [1.807, 2.05) is 20.8 Å². The highest BCUT2D eigenvalue weighted by Gasteiger charge is 2.42. The fraction of sp³-hybridized carbons (Fsp3) is 0.632. The first kappa shape index (κ1) is 18.4. The van der Waals surface area contributed by atoms with E-state index in [0.717, 1.165) is 38.8 Å². The number of hydrogen-bond acceptors (Lipinski definition) is 3. The molecule has 0 spiro atoms. The molecule has 1 saturated carbocycles. The number of hydrogen-bond donors (Lipinski definition) is 0. The van der Waals surface area contributed by atoms with Crippen LogP contribution in [0.1, 0.15) is 56.8 Å². The van der Waals surface area contributed by atoms with Crippen LogP contribution in [0.2, 0.25) is 0 Å². The lowest BCUT2D eigenvalue weighted by Gasteiger charge is -2.31. The average Bonchev–Trinajstić information content (AvgIpc) is 3.25. The van der Waals surface area contributed by atoms with Crippen LogP contribution in [0.4, 0.5) is 0 Å². The molecular formula is C19H28N2O3S. The van der Waals surface area contributed by atoms with Gasteiger partial charge in [0.25, 0.3) is 5.91 Å². The Morgan fingerprint density at radius 3 is 2.36 bits per heavy atom. The van der Waals surface area contributed by atoms with Gasteiger partial charge in [0.15, 0.2) is 0 Å². The van der Waals surface area contributed by atoms with E-state index in [1.54, 1.807) is 33.5 Å². The Morgan fingerprint density at radius 1 is 1.16 bits per heavy atom. The lowest BCUT2D eigenvalue weighted by Crippen LogP contribution is -2.43. The molecule has 25 heavy (non-hydrogen) atoms. The van der Waals surface area contributed by atoms with E-state index in [4.69, 9.17) is 0 Å². The molecule has 1 aliphatic heterocycles. The van der Waals surface area contributed by atoms with Gasteiger partial charge in [-0.1, -0.05) is 19.9 Å². The Kier molecular flexibility index (Phi) is 5.21. The molecule has 1 amide bonds. The van der Waals surface area contributed by atoms with Crippen molar-refractivity contribution >= 4 is 15.9 Å². The summed E-state index contributed by atoms with van der Waals surface area (Å²) in [6, 6.07) is 6.60. The van der Waals surface area contributed by atoms with Gasteiger partial charge in [0.05, 0.1) is 4.90 Å². The van der Waals surface area contributed by atoms with E-state index in [-0.39, 0.29) is 28.8 Å². The number of carbonyl (C=O) groups is 1. The van der Waals surface area contributed by atoms with Gasteiger partial charge in [-0.3, -0.25) is 4.79 Å². The summed E-state index contributed by atoms with van der Waals surface area (Å²) in [5, 5.41) is 0. The molecule has 0 bridgehead atoms. The van der Waals surface area contributed by atoms with E-state index in [1.165, 1.54) is 0 Å². The standard InChI is InChI=1S/C19H28N2O3S/c1-14(2)15(3)21(17-9-10-17)25(23,24)18-8-6-7-16(13-18)19(22)20-11-4-5-12-20/h6-8,13-15,17H,4-5,9-12H2,1-3H3. The first-order chi connectivity index (χ1) is 11.8. The lowest BCUT2D eigenvalue weighted by molar-refractivity contribution is 0.0792. The number of likely N-dealkylation sites (tertiary alicyclic amines) is 1. The van der Waals surface area contributed by atoms with Crippen LogP contribution >= 0.6 is 0 Å². The zero-order chi connectivity index (χ0) is 18.2. The predicted molar refractivity (Wildman–Crippen MR) is 97.9 cm³/mol. The number of amides is 1. The molecule has 3 rings (SSSR count). The summed E-state index contributed by atoms with van der Waals surface area (Å²) in [4.78, 5) is 14.6. The minimum absolute atomic E-state index is 0.0598. The topological polar surface area (TPSA) is 57.7 Å². The van der Waals surface area contributed by atoms with Crippen molar-refractivity contribution in [2.24, 2.45) is 5.92 Å². The molecule has 0 aromatic heterocycles. The summed E-state index contributed by atoms with van der Waals surface area (Å²) in [6.07, 6.45) is 3.88. The largest absolute Gasteiger partial charge is 0.339 e.